The van der Waals surface area contributed by atoms with Crippen LogP contribution in [0.1, 0.15) is 24.2 Å². The number of nitrogens with zero attached hydrogens (tertiary/aromatic N) is 3. The first-order valence-corrected chi connectivity index (χ1v) is 7.11. The second-order valence-corrected chi connectivity index (χ2v) is 5.36. The molecule has 0 saturated carbocycles. The maximum absolute atomic E-state index is 12.4. The number of carbonyl (C=O) groups is 2. The molecule has 2 rings (SSSR count). The van der Waals surface area contributed by atoms with Gasteiger partial charge in [0.15, 0.2) is 0 Å². The van der Waals surface area contributed by atoms with Gasteiger partial charge in [-0.05, 0) is 6.07 Å². The van der Waals surface area contributed by atoms with E-state index in [1.807, 2.05) is 18.7 Å². The first-order valence-electron chi connectivity index (χ1n) is 7.11. The van der Waals surface area contributed by atoms with Gasteiger partial charge in [0.1, 0.15) is 0 Å². The number of rotatable bonds is 3. The van der Waals surface area contributed by atoms with E-state index in [1.165, 1.54) is 13.3 Å². The fourth-order valence-corrected chi connectivity index (χ4v) is 2.31. The standard InChI is InChI=1S/C15H21N3O3/c1-11(2)14(19)17-6-8-18(9-7-17)15(20)12-4-5-13(21-3)16-10-12/h4-5,10-11H,6-9H2,1-3H3. The number of pyridine rings is 1. The molecule has 114 valence electrons. The maximum Gasteiger partial charge on any atom is 0.255 e. The van der Waals surface area contributed by atoms with Crippen LogP contribution in [0.5, 0.6) is 5.88 Å². The lowest BCUT2D eigenvalue weighted by Crippen LogP contribution is -2.51. The molecule has 2 heterocycles. The topological polar surface area (TPSA) is 62.7 Å². The summed E-state index contributed by atoms with van der Waals surface area (Å²) < 4.78 is 4.98. The molecule has 0 N–H and O–H groups in total. The molecule has 0 radical (unpaired) electrons. The molecule has 21 heavy (non-hydrogen) atoms. The molecule has 0 bridgehead atoms. The molecule has 1 aromatic rings. The zero-order chi connectivity index (χ0) is 15.4. The van der Waals surface area contributed by atoms with Crippen LogP contribution in [-0.4, -0.2) is 59.9 Å². The van der Waals surface area contributed by atoms with Gasteiger partial charge in [-0.2, -0.15) is 0 Å². The molecule has 1 fully saturated rings. The molecule has 0 aliphatic carbocycles. The molecule has 6 nitrogen and oxygen atoms in total. The Morgan fingerprint density at radius 1 is 1.14 bits per heavy atom. The largest absolute Gasteiger partial charge is 0.481 e. The van der Waals surface area contributed by atoms with Crippen LogP contribution in [0.3, 0.4) is 0 Å². The zero-order valence-electron chi connectivity index (χ0n) is 12.7. The van der Waals surface area contributed by atoms with E-state index >= 15 is 0 Å². The van der Waals surface area contributed by atoms with Gasteiger partial charge in [0.25, 0.3) is 5.91 Å². The minimum atomic E-state index is -0.0539. The van der Waals surface area contributed by atoms with Crippen molar-refractivity contribution in [2.75, 3.05) is 33.3 Å². The maximum atomic E-state index is 12.4. The van der Waals surface area contributed by atoms with E-state index in [0.29, 0.717) is 37.6 Å². The number of hydrogen-bond acceptors (Lipinski definition) is 4. The fourth-order valence-electron chi connectivity index (χ4n) is 2.31. The molecule has 0 unspecified atom stereocenters. The van der Waals surface area contributed by atoms with Crippen LogP contribution in [0.25, 0.3) is 0 Å². The summed E-state index contributed by atoms with van der Waals surface area (Å²) in [6.07, 6.45) is 1.52. The zero-order valence-corrected chi connectivity index (χ0v) is 12.7. The predicted octanol–water partition coefficient (Wildman–Crippen LogP) is 1.03. The van der Waals surface area contributed by atoms with Crippen molar-refractivity contribution in [2.45, 2.75) is 13.8 Å². The highest BCUT2D eigenvalue weighted by atomic mass is 16.5. The van der Waals surface area contributed by atoms with E-state index in [-0.39, 0.29) is 17.7 Å². The molecule has 0 spiro atoms. The third kappa shape index (κ3) is 3.51. The average Bonchev–Trinajstić information content (AvgIpc) is 2.53. The Morgan fingerprint density at radius 3 is 2.24 bits per heavy atom. The predicted molar refractivity (Wildman–Crippen MR) is 78.1 cm³/mol. The third-order valence-electron chi connectivity index (χ3n) is 3.56. The molecule has 2 amide bonds. The van der Waals surface area contributed by atoms with Gasteiger partial charge in [-0.1, -0.05) is 13.8 Å². The Hall–Kier alpha value is -2.11. The van der Waals surface area contributed by atoms with Crippen LogP contribution in [0, 0.1) is 5.92 Å². The van der Waals surface area contributed by atoms with Crippen molar-refractivity contribution in [1.82, 2.24) is 14.8 Å². The van der Waals surface area contributed by atoms with Crippen LogP contribution < -0.4 is 4.74 Å². The second kappa shape index (κ2) is 6.56. The Labute approximate surface area is 124 Å². The van der Waals surface area contributed by atoms with Gasteiger partial charge in [0.2, 0.25) is 11.8 Å². The summed E-state index contributed by atoms with van der Waals surface area (Å²) in [7, 11) is 1.54. The Balaban J connectivity index is 1.95. The summed E-state index contributed by atoms with van der Waals surface area (Å²) in [4.78, 5) is 31.9. The van der Waals surface area contributed by atoms with Crippen molar-refractivity contribution < 1.29 is 14.3 Å². The molecular weight excluding hydrogens is 270 g/mol. The quantitative estimate of drug-likeness (QED) is 0.834. The van der Waals surface area contributed by atoms with Crippen molar-refractivity contribution in [3.63, 3.8) is 0 Å². The highest BCUT2D eigenvalue weighted by Crippen LogP contribution is 2.12. The van der Waals surface area contributed by atoms with Crippen molar-refractivity contribution in [2.24, 2.45) is 5.92 Å². The van der Waals surface area contributed by atoms with Crippen LogP contribution in [-0.2, 0) is 4.79 Å². The highest BCUT2D eigenvalue weighted by Gasteiger charge is 2.26. The molecule has 6 heteroatoms. The fraction of sp³-hybridized carbons (Fsp3) is 0.533. The van der Waals surface area contributed by atoms with E-state index in [4.69, 9.17) is 4.74 Å². The van der Waals surface area contributed by atoms with Gasteiger partial charge in [0.05, 0.1) is 12.7 Å². The van der Waals surface area contributed by atoms with Crippen LogP contribution in [0.2, 0.25) is 0 Å². The van der Waals surface area contributed by atoms with Gasteiger partial charge < -0.3 is 14.5 Å². The monoisotopic (exact) mass is 291 g/mol. The number of piperazine rings is 1. The second-order valence-electron chi connectivity index (χ2n) is 5.36. The molecule has 0 aromatic carbocycles. The smallest absolute Gasteiger partial charge is 0.255 e. The number of aromatic nitrogens is 1. The first kappa shape index (κ1) is 15.3. The summed E-state index contributed by atoms with van der Waals surface area (Å²) in [5.41, 5.74) is 0.541. The molecule has 1 aliphatic rings. The van der Waals surface area contributed by atoms with Crippen LogP contribution in [0.4, 0.5) is 0 Å². The van der Waals surface area contributed by atoms with E-state index in [0.717, 1.165) is 0 Å². The Bertz CT molecular complexity index is 505. The lowest BCUT2D eigenvalue weighted by molar-refractivity contribution is -0.135. The molecule has 1 aliphatic heterocycles. The minimum Gasteiger partial charge on any atom is -0.481 e. The molecular formula is C15H21N3O3. The first-order chi connectivity index (χ1) is 10.0. The SMILES string of the molecule is COc1ccc(C(=O)N2CCN(C(=O)C(C)C)CC2)cn1. The average molecular weight is 291 g/mol. The van der Waals surface area contributed by atoms with Gasteiger partial charge >= 0.3 is 0 Å². The third-order valence-corrected chi connectivity index (χ3v) is 3.56. The Morgan fingerprint density at radius 2 is 1.76 bits per heavy atom. The summed E-state index contributed by atoms with van der Waals surface area (Å²) in [5, 5.41) is 0. The molecule has 0 atom stereocenters. The number of hydrogen-bond donors (Lipinski definition) is 0. The van der Waals surface area contributed by atoms with Crippen molar-refractivity contribution >= 4 is 11.8 Å². The number of carbonyl (C=O) groups excluding carboxylic acids is 2. The number of amides is 2. The number of methoxy groups -OCH3 is 1. The van der Waals surface area contributed by atoms with Gasteiger partial charge in [-0.15, -0.1) is 0 Å². The minimum absolute atomic E-state index is 0.00182. The van der Waals surface area contributed by atoms with Crippen molar-refractivity contribution in [3.05, 3.63) is 23.9 Å². The number of ether oxygens (including phenoxy) is 1. The van der Waals surface area contributed by atoms with Gasteiger partial charge in [-0.25, -0.2) is 4.98 Å². The summed E-state index contributed by atoms with van der Waals surface area (Å²) in [5.74, 6) is 0.576. The lowest BCUT2D eigenvalue weighted by Gasteiger charge is -2.35. The van der Waals surface area contributed by atoms with Crippen LogP contribution >= 0.6 is 0 Å². The van der Waals surface area contributed by atoms with E-state index in [1.54, 1.807) is 17.0 Å². The summed E-state index contributed by atoms with van der Waals surface area (Å²) in [6, 6.07) is 3.38. The summed E-state index contributed by atoms with van der Waals surface area (Å²) in [6.45, 7) is 6.08. The van der Waals surface area contributed by atoms with E-state index < -0.39 is 0 Å². The van der Waals surface area contributed by atoms with Gasteiger partial charge in [-0.3, -0.25) is 9.59 Å². The normalized spacial score (nSPS) is 15.2. The molecule has 1 saturated heterocycles. The van der Waals surface area contributed by atoms with E-state index in [9.17, 15) is 9.59 Å². The highest BCUT2D eigenvalue weighted by molar-refractivity contribution is 5.94. The van der Waals surface area contributed by atoms with E-state index in [2.05, 4.69) is 4.98 Å². The van der Waals surface area contributed by atoms with Gasteiger partial charge in [0, 0.05) is 44.4 Å². The van der Waals surface area contributed by atoms with Crippen LogP contribution in [0.15, 0.2) is 18.3 Å². The van der Waals surface area contributed by atoms with Crippen molar-refractivity contribution in [1.29, 1.82) is 0 Å². The van der Waals surface area contributed by atoms with Crippen molar-refractivity contribution in [3.8, 4) is 5.88 Å². The molecule has 1 aromatic heterocycles. The Kier molecular flexibility index (Phi) is 4.77. The lowest BCUT2D eigenvalue weighted by atomic mass is 10.1. The summed E-state index contributed by atoms with van der Waals surface area (Å²) >= 11 is 0.